The average Bonchev–Trinajstić information content (AvgIpc) is 2.71. The molecule has 4 heteroatoms. The number of hydrogen-bond acceptors (Lipinski definition) is 3. The molecule has 0 aliphatic heterocycles. The van der Waals surface area contributed by atoms with Crippen molar-refractivity contribution >= 4 is 5.84 Å². The van der Waals surface area contributed by atoms with Crippen LogP contribution in [0.2, 0.25) is 0 Å². The van der Waals surface area contributed by atoms with Gasteiger partial charge in [-0.3, -0.25) is 4.99 Å². The molecule has 0 fully saturated rings. The number of nitrogens with one attached hydrogen (secondary N) is 1. The molecule has 0 amide bonds. The summed E-state index contributed by atoms with van der Waals surface area (Å²) in [4.78, 5) is 3.96. The number of aliphatic imine (C=N–C) groups is 1. The van der Waals surface area contributed by atoms with Crippen LogP contribution in [0.3, 0.4) is 0 Å². The van der Waals surface area contributed by atoms with E-state index in [4.69, 9.17) is 9.52 Å². The summed E-state index contributed by atoms with van der Waals surface area (Å²) < 4.78 is 5.13. The number of rotatable bonds is 4. The molecule has 1 heterocycles. The molecule has 4 nitrogen and oxygen atoms in total. The van der Waals surface area contributed by atoms with Crippen molar-refractivity contribution in [3.63, 3.8) is 0 Å². The molecular formula is C10H14N2O2. The van der Waals surface area contributed by atoms with Gasteiger partial charge in [-0.15, -0.1) is 0 Å². The van der Waals surface area contributed by atoms with Gasteiger partial charge in [0.05, 0.1) is 19.4 Å². The maximum absolute atomic E-state index is 8.85. The summed E-state index contributed by atoms with van der Waals surface area (Å²) in [5, 5.41) is 11.9. The predicted molar refractivity (Wildman–Crippen MR) is 55.1 cm³/mol. The minimum Gasteiger partial charge on any atom is -0.467 e. The van der Waals surface area contributed by atoms with Gasteiger partial charge in [0.15, 0.2) is 0 Å². The third-order valence-corrected chi connectivity index (χ3v) is 1.76. The molecule has 0 aromatic carbocycles. The lowest BCUT2D eigenvalue weighted by atomic mass is 10.3. The molecular weight excluding hydrogens is 180 g/mol. The van der Waals surface area contributed by atoms with Crippen molar-refractivity contribution in [2.45, 2.75) is 6.54 Å². The van der Waals surface area contributed by atoms with Gasteiger partial charge in [0, 0.05) is 12.6 Å². The number of aliphatic hydroxyl groups excluding tert-OH is 1. The highest BCUT2D eigenvalue weighted by molar-refractivity contribution is 5.97. The van der Waals surface area contributed by atoms with Crippen LogP contribution in [0.25, 0.3) is 0 Å². The van der Waals surface area contributed by atoms with E-state index in [-0.39, 0.29) is 6.61 Å². The number of nitrogens with zero attached hydrogens (tertiary/aromatic N) is 1. The van der Waals surface area contributed by atoms with Crippen LogP contribution in [0.1, 0.15) is 5.76 Å². The van der Waals surface area contributed by atoms with Gasteiger partial charge in [-0.2, -0.15) is 0 Å². The Morgan fingerprint density at radius 3 is 3.00 bits per heavy atom. The largest absolute Gasteiger partial charge is 0.467 e. The van der Waals surface area contributed by atoms with Crippen molar-refractivity contribution in [3.05, 3.63) is 36.3 Å². The van der Waals surface area contributed by atoms with Crippen molar-refractivity contribution in [3.8, 4) is 0 Å². The predicted octanol–water partition coefficient (Wildman–Crippen LogP) is 0.946. The van der Waals surface area contributed by atoms with E-state index in [2.05, 4.69) is 16.9 Å². The van der Waals surface area contributed by atoms with Gasteiger partial charge in [-0.25, -0.2) is 0 Å². The summed E-state index contributed by atoms with van der Waals surface area (Å²) in [5.74, 6) is 1.42. The van der Waals surface area contributed by atoms with Crippen LogP contribution < -0.4 is 5.32 Å². The molecule has 0 aliphatic carbocycles. The van der Waals surface area contributed by atoms with Crippen molar-refractivity contribution in [1.29, 1.82) is 0 Å². The first kappa shape index (κ1) is 10.5. The molecule has 0 radical (unpaired) electrons. The smallest absolute Gasteiger partial charge is 0.125 e. The van der Waals surface area contributed by atoms with Gasteiger partial charge in [0.1, 0.15) is 11.6 Å². The zero-order valence-corrected chi connectivity index (χ0v) is 8.16. The topological polar surface area (TPSA) is 57.8 Å². The zero-order chi connectivity index (χ0) is 10.4. The SMILES string of the molecule is C=C(CO)C(=NC)NCc1ccco1. The highest BCUT2D eigenvalue weighted by atomic mass is 16.3. The molecule has 1 rings (SSSR count). The van der Waals surface area contributed by atoms with Gasteiger partial charge >= 0.3 is 0 Å². The summed E-state index contributed by atoms with van der Waals surface area (Å²) in [6, 6.07) is 3.68. The van der Waals surface area contributed by atoms with Crippen LogP contribution in [0.4, 0.5) is 0 Å². The molecule has 0 unspecified atom stereocenters. The Bertz CT molecular complexity index is 315. The van der Waals surface area contributed by atoms with Gasteiger partial charge in [0.25, 0.3) is 0 Å². The number of amidine groups is 1. The maximum Gasteiger partial charge on any atom is 0.125 e. The first-order chi connectivity index (χ1) is 6.77. The minimum atomic E-state index is -0.0994. The second kappa shape index (κ2) is 5.24. The summed E-state index contributed by atoms with van der Waals surface area (Å²) in [6.45, 7) is 4.11. The monoisotopic (exact) mass is 194 g/mol. The molecule has 0 atom stereocenters. The van der Waals surface area contributed by atoms with Crippen LogP contribution in [0.5, 0.6) is 0 Å². The Labute approximate surface area is 83.0 Å². The molecule has 1 aromatic rings. The number of hydrogen-bond donors (Lipinski definition) is 2. The van der Waals surface area contributed by atoms with E-state index in [9.17, 15) is 0 Å². The first-order valence-corrected chi connectivity index (χ1v) is 4.30. The van der Waals surface area contributed by atoms with E-state index in [1.807, 2.05) is 12.1 Å². The van der Waals surface area contributed by atoms with Gasteiger partial charge in [0.2, 0.25) is 0 Å². The zero-order valence-electron chi connectivity index (χ0n) is 8.16. The Kier molecular flexibility index (Phi) is 3.94. The first-order valence-electron chi connectivity index (χ1n) is 4.30. The number of furan rings is 1. The molecule has 0 bridgehead atoms. The fraction of sp³-hybridized carbons (Fsp3) is 0.300. The highest BCUT2D eigenvalue weighted by Crippen LogP contribution is 2.00. The minimum absolute atomic E-state index is 0.0994. The molecule has 76 valence electrons. The van der Waals surface area contributed by atoms with Crippen LogP contribution in [-0.4, -0.2) is 24.6 Å². The second-order valence-electron chi connectivity index (χ2n) is 2.77. The molecule has 2 N–H and O–H groups in total. The van der Waals surface area contributed by atoms with Gasteiger partial charge < -0.3 is 14.8 Å². The van der Waals surface area contributed by atoms with E-state index >= 15 is 0 Å². The second-order valence-corrected chi connectivity index (χ2v) is 2.77. The van der Waals surface area contributed by atoms with Gasteiger partial charge in [-0.1, -0.05) is 6.58 Å². The summed E-state index contributed by atoms with van der Waals surface area (Å²) in [7, 11) is 1.64. The Balaban J connectivity index is 2.47. The third-order valence-electron chi connectivity index (χ3n) is 1.76. The van der Waals surface area contributed by atoms with E-state index in [1.54, 1.807) is 13.3 Å². The van der Waals surface area contributed by atoms with Crippen LogP contribution in [0.15, 0.2) is 40.0 Å². The van der Waals surface area contributed by atoms with Gasteiger partial charge in [-0.05, 0) is 12.1 Å². The molecule has 0 saturated heterocycles. The Hall–Kier alpha value is -1.55. The third kappa shape index (κ3) is 2.74. The highest BCUT2D eigenvalue weighted by Gasteiger charge is 2.02. The average molecular weight is 194 g/mol. The van der Waals surface area contributed by atoms with E-state index in [1.165, 1.54) is 0 Å². The van der Waals surface area contributed by atoms with Crippen molar-refractivity contribution in [2.24, 2.45) is 4.99 Å². The van der Waals surface area contributed by atoms with Crippen molar-refractivity contribution < 1.29 is 9.52 Å². The quantitative estimate of drug-likeness (QED) is 0.554. The van der Waals surface area contributed by atoms with E-state index in [0.29, 0.717) is 18.0 Å². The molecule has 0 saturated carbocycles. The van der Waals surface area contributed by atoms with E-state index in [0.717, 1.165) is 5.76 Å². The lowest BCUT2D eigenvalue weighted by Gasteiger charge is -2.08. The fourth-order valence-corrected chi connectivity index (χ4v) is 1.02. The summed E-state index contributed by atoms with van der Waals surface area (Å²) in [5.41, 5.74) is 0.569. The van der Waals surface area contributed by atoms with Crippen LogP contribution in [-0.2, 0) is 6.54 Å². The normalized spacial score (nSPS) is 11.4. The molecule has 0 aliphatic rings. The summed E-state index contributed by atoms with van der Waals surface area (Å²) in [6.07, 6.45) is 1.61. The maximum atomic E-state index is 8.85. The fourth-order valence-electron chi connectivity index (χ4n) is 1.02. The standard InChI is InChI=1S/C10H14N2O2/c1-8(7-13)10(11-2)12-6-9-4-3-5-14-9/h3-5,13H,1,6-7H2,2H3,(H,11,12). The van der Waals surface area contributed by atoms with Crippen LogP contribution in [0, 0.1) is 0 Å². The lowest BCUT2D eigenvalue weighted by molar-refractivity contribution is 0.337. The number of aliphatic hydroxyl groups is 1. The summed E-state index contributed by atoms with van der Waals surface area (Å²) >= 11 is 0. The Morgan fingerprint density at radius 2 is 2.50 bits per heavy atom. The van der Waals surface area contributed by atoms with Crippen molar-refractivity contribution in [1.82, 2.24) is 5.32 Å². The lowest BCUT2D eigenvalue weighted by Crippen LogP contribution is -2.25. The van der Waals surface area contributed by atoms with E-state index < -0.39 is 0 Å². The molecule has 1 aromatic heterocycles. The Morgan fingerprint density at radius 1 is 1.71 bits per heavy atom. The van der Waals surface area contributed by atoms with Crippen LogP contribution >= 0.6 is 0 Å². The molecule has 14 heavy (non-hydrogen) atoms. The molecule has 0 spiro atoms. The van der Waals surface area contributed by atoms with Crippen molar-refractivity contribution in [2.75, 3.05) is 13.7 Å².